The van der Waals surface area contributed by atoms with Crippen molar-refractivity contribution in [1.29, 1.82) is 0 Å². The first-order chi connectivity index (χ1) is 16.1. The average Bonchev–Trinajstić information content (AvgIpc) is 2.78. The van der Waals surface area contributed by atoms with E-state index in [-0.39, 0.29) is 57.4 Å². The summed E-state index contributed by atoms with van der Waals surface area (Å²) in [6.45, 7) is 13.3. The largest absolute Gasteiger partial charge is 0.481 e. The van der Waals surface area contributed by atoms with Gasteiger partial charge in [0.05, 0.1) is 11.5 Å². The van der Waals surface area contributed by atoms with Gasteiger partial charge in [0.25, 0.3) is 0 Å². The zero-order valence-electron chi connectivity index (χ0n) is 22.6. The minimum atomic E-state index is -0.823. The van der Waals surface area contributed by atoms with Crippen LogP contribution in [-0.4, -0.2) is 39.8 Å². The van der Waals surface area contributed by atoms with Crippen LogP contribution in [0.4, 0.5) is 0 Å². The normalized spacial score (nSPS) is 52.9. The molecule has 5 aliphatic carbocycles. The number of rotatable bonds is 2. The molecule has 0 saturated heterocycles. The van der Waals surface area contributed by atoms with Crippen molar-refractivity contribution >= 4 is 11.8 Å². The summed E-state index contributed by atoms with van der Waals surface area (Å²) in [5.74, 6) is -0.428. The molecule has 5 nitrogen and oxygen atoms in total. The van der Waals surface area contributed by atoms with Crippen molar-refractivity contribution in [3.05, 3.63) is 11.6 Å². The van der Waals surface area contributed by atoms with Crippen molar-refractivity contribution in [1.82, 2.24) is 0 Å². The van der Waals surface area contributed by atoms with Gasteiger partial charge >= 0.3 is 5.97 Å². The van der Waals surface area contributed by atoms with Crippen molar-refractivity contribution in [3.63, 3.8) is 0 Å². The maximum Gasteiger partial charge on any atom is 0.309 e. The number of aliphatic carboxylic acids is 1. The first kappa shape index (κ1) is 25.4. The second-order valence-electron chi connectivity index (χ2n) is 14.8. The van der Waals surface area contributed by atoms with Crippen LogP contribution < -0.4 is 0 Å². The fourth-order valence-corrected chi connectivity index (χ4v) is 10.5. The maximum atomic E-state index is 14.2. The van der Waals surface area contributed by atoms with E-state index in [9.17, 15) is 24.9 Å². The molecule has 0 aromatic carbocycles. The number of carboxylic acids is 1. The van der Waals surface area contributed by atoms with Gasteiger partial charge in [0.1, 0.15) is 0 Å². The number of allylic oxidation sites excluding steroid dienone is 2. The molecule has 196 valence electrons. The van der Waals surface area contributed by atoms with E-state index < -0.39 is 11.4 Å². The summed E-state index contributed by atoms with van der Waals surface area (Å²) in [5.41, 5.74) is -0.795. The highest BCUT2D eigenvalue weighted by atomic mass is 16.4. The number of carbonyl (C=O) groups is 2. The molecule has 9 atom stereocenters. The molecular formula is C30H46O5. The molecule has 3 N–H and O–H groups in total. The number of hydrogen-bond donors (Lipinski definition) is 3. The van der Waals surface area contributed by atoms with Crippen molar-refractivity contribution in [2.75, 3.05) is 6.61 Å². The third kappa shape index (κ3) is 3.00. The quantitative estimate of drug-likeness (QED) is 0.487. The molecule has 0 heterocycles. The lowest BCUT2D eigenvalue weighted by molar-refractivity contribution is -0.204. The maximum absolute atomic E-state index is 14.2. The topological polar surface area (TPSA) is 94.8 Å². The minimum Gasteiger partial charge on any atom is -0.481 e. The molecule has 35 heavy (non-hydrogen) atoms. The van der Waals surface area contributed by atoms with Gasteiger partial charge in [-0.2, -0.15) is 0 Å². The zero-order chi connectivity index (χ0) is 25.8. The van der Waals surface area contributed by atoms with Crippen LogP contribution in [0.2, 0.25) is 0 Å². The van der Waals surface area contributed by atoms with E-state index in [0.717, 1.165) is 44.1 Å². The van der Waals surface area contributed by atoms with Gasteiger partial charge in [-0.15, -0.1) is 0 Å². The molecule has 0 amide bonds. The predicted molar refractivity (Wildman–Crippen MR) is 134 cm³/mol. The van der Waals surface area contributed by atoms with Crippen LogP contribution in [0.5, 0.6) is 0 Å². The number of carbonyl (C=O) groups excluding carboxylic acids is 1. The van der Waals surface area contributed by atoms with Crippen LogP contribution in [-0.2, 0) is 9.59 Å². The molecule has 5 rings (SSSR count). The Kier molecular flexibility index (Phi) is 5.40. The summed E-state index contributed by atoms with van der Waals surface area (Å²) in [6, 6.07) is 0. The molecule has 0 aromatic rings. The number of hydrogen-bond acceptors (Lipinski definition) is 4. The molecule has 5 heteroatoms. The van der Waals surface area contributed by atoms with Gasteiger partial charge in [-0.3, -0.25) is 9.59 Å². The molecule has 9 unspecified atom stereocenters. The Morgan fingerprint density at radius 1 is 0.971 bits per heavy atom. The van der Waals surface area contributed by atoms with Crippen LogP contribution in [0.3, 0.4) is 0 Å². The third-order valence-electron chi connectivity index (χ3n) is 13.1. The van der Waals surface area contributed by atoms with Crippen LogP contribution in [0, 0.1) is 50.2 Å². The molecule has 0 spiro atoms. The van der Waals surface area contributed by atoms with Crippen molar-refractivity contribution in [2.24, 2.45) is 50.2 Å². The third-order valence-corrected chi connectivity index (χ3v) is 13.1. The second kappa shape index (κ2) is 7.43. The second-order valence-corrected chi connectivity index (χ2v) is 14.8. The summed E-state index contributed by atoms with van der Waals surface area (Å²) in [5, 5.41) is 31.5. The summed E-state index contributed by atoms with van der Waals surface area (Å²) in [6.07, 6.45) is 8.76. The summed E-state index contributed by atoms with van der Waals surface area (Å²) < 4.78 is 0. The number of fused-ring (bicyclic) bond motifs is 7. The molecule has 5 aliphatic rings. The smallest absolute Gasteiger partial charge is 0.309 e. The van der Waals surface area contributed by atoms with Crippen molar-refractivity contribution in [3.8, 4) is 0 Å². The number of aliphatic hydroxyl groups is 2. The predicted octanol–water partition coefficient (Wildman–Crippen LogP) is 5.39. The van der Waals surface area contributed by atoms with Crippen molar-refractivity contribution < 1.29 is 24.9 Å². The molecule has 4 fully saturated rings. The van der Waals surface area contributed by atoms with E-state index in [0.29, 0.717) is 25.2 Å². The molecular weight excluding hydrogens is 440 g/mol. The standard InChI is InChI=1S/C30H46O5/c1-25(2)21-7-10-29(6)23(27(21,4)9-8-22(25)33)20(32)15-18-19-16-26(3,24(34)35)11-13-30(19,17-31)14-12-28(18,29)5/h15,19,21-23,31,33H,7-14,16-17H2,1-6H3,(H,34,35). The SMILES string of the molecule is CC1(C(=O)O)CCC2(CO)CCC3(C)C(=CC(=O)C4C5(C)CCC(O)C(C)(C)C5CCC43C)C2C1. The Bertz CT molecular complexity index is 983. The number of ketones is 1. The monoisotopic (exact) mass is 486 g/mol. The van der Waals surface area contributed by atoms with Gasteiger partial charge < -0.3 is 15.3 Å². The van der Waals surface area contributed by atoms with E-state index in [1.54, 1.807) is 0 Å². The summed E-state index contributed by atoms with van der Waals surface area (Å²) in [7, 11) is 0. The highest BCUT2D eigenvalue weighted by Gasteiger charge is 2.70. The first-order valence-electron chi connectivity index (χ1n) is 13.9. The van der Waals surface area contributed by atoms with Crippen molar-refractivity contribution in [2.45, 2.75) is 105 Å². The molecule has 0 radical (unpaired) electrons. The van der Waals surface area contributed by atoms with Gasteiger partial charge in [0, 0.05) is 17.9 Å². The van der Waals surface area contributed by atoms with Gasteiger partial charge in [-0.25, -0.2) is 0 Å². The van der Waals surface area contributed by atoms with E-state index in [4.69, 9.17) is 0 Å². The Balaban J connectivity index is 1.63. The van der Waals surface area contributed by atoms with Crippen LogP contribution in [0.1, 0.15) is 99.3 Å². The van der Waals surface area contributed by atoms with Gasteiger partial charge in [0.15, 0.2) is 5.78 Å². The lowest BCUT2D eigenvalue weighted by Crippen LogP contribution is -2.67. The molecule has 0 aromatic heterocycles. The van der Waals surface area contributed by atoms with Gasteiger partial charge in [-0.05, 0) is 104 Å². The zero-order valence-corrected chi connectivity index (χ0v) is 22.6. The molecule has 0 aliphatic heterocycles. The Labute approximate surface area is 210 Å². The van der Waals surface area contributed by atoms with E-state index in [1.165, 1.54) is 0 Å². The highest BCUT2D eigenvalue weighted by molar-refractivity contribution is 5.95. The van der Waals surface area contributed by atoms with E-state index in [2.05, 4.69) is 34.6 Å². The number of carboxylic acid groups (broad SMARTS) is 1. The fraction of sp³-hybridized carbons (Fsp3) is 0.867. The fourth-order valence-electron chi connectivity index (χ4n) is 10.5. The van der Waals surface area contributed by atoms with Crippen LogP contribution >= 0.6 is 0 Å². The summed E-state index contributed by atoms with van der Waals surface area (Å²) >= 11 is 0. The molecule has 4 saturated carbocycles. The average molecular weight is 487 g/mol. The molecule has 0 bridgehead atoms. The van der Waals surface area contributed by atoms with E-state index in [1.807, 2.05) is 13.0 Å². The van der Waals surface area contributed by atoms with Crippen LogP contribution in [0.15, 0.2) is 11.6 Å². The van der Waals surface area contributed by atoms with Gasteiger partial charge in [-0.1, -0.05) is 40.2 Å². The Morgan fingerprint density at radius 2 is 1.63 bits per heavy atom. The summed E-state index contributed by atoms with van der Waals surface area (Å²) in [4.78, 5) is 26.5. The minimum absolute atomic E-state index is 0.0565. The van der Waals surface area contributed by atoms with E-state index >= 15 is 0 Å². The Morgan fingerprint density at radius 3 is 2.26 bits per heavy atom. The number of aliphatic hydroxyl groups excluding tert-OH is 2. The van der Waals surface area contributed by atoms with Crippen LogP contribution in [0.25, 0.3) is 0 Å². The van der Waals surface area contributed by atoms with Gasteiger partial charge in [0.2, 0.25) is 0 Å². The first-order valence-corrected chi connectivity index (χ1v) is 13.9. The lowest BCUT2D eigenvalue weighted by Gasteiger charge is -2.70. The highest BCUT2D eigenvalue weighted by Crippen LogP contribution is 2.75. The Hall–Kier alpha value is -1.20. The lowest BCUT2D eigenvalue weighted by atomic mass is 9.33.